The van der Waals surface area contributed by atoms with Crippen molar-refractivity contribution in [3.8, 4) is 17.2 Å². The van der Waals surface area contributed by atoms with Crippen LogP contribution in [0.15, 0.2) is 63.5 Å². The molecule has 2 aromatic carbocycles. The first kappa shape index (κ1) is 30.8. The van der Waals surface area contributed by atoms with E-state index >= 15 is 0 Å². The molecule has 3 heterocycles. The molecule has 10 heteroatoms. The lowest BCUT2D eigenvalue weighted by Crippen LogP contribution is -2.40. The third-order valence-electron chi connectivity index (χ3n) is 7.49. The number of allylic oxidation sites excluding steroid dienone is 1. The molecule has 1 atom stereocenters. The molecule has 1 aliphatic rings. The van der Waals surface area contributed by atoms with E-state index in [0.717, 1.165) is 22.6 Å². The number of fused-ring (bicyclic) bond motifs is 1. The van der Waals surface area contributed by atoms with Gasteiger partial charge in [0.1, 0.15) is 0 Å². The number of methoxy groups -OCH3 is 1. The van der Waals surface area contributed by atoms with Crippen molar-refractivity contribution in [1.82, 2.24) is 9.13 Å². The number of rotatable bonds is 8. The molecule has 0 saturated heterocycles. The molecule has 0 unspecified atom stereocenters. The van der Waals surface area contributed by atoms with Gasteiger partial charge in [0.15, 0.2) is 16.3 Å². The Labute approximate surface area is 268 Å². The van der Waals surface area contributed by atoms with Crippen molar-refractivity contribution >= 4 is 46.0 Å². The summed E-state index contributed by atoms with van der Waals surface area (Å²) in [6.07, 6.45) is 1.92. The number of ether oxygens (including phenoxy) is 3. The minimum Gasteiger partial charge on any atom is -0.493 e. The van der Waals surface area contributed by atoms with Gasteiger partial charge in [-0.1, -0.05) is 23.5 Å². The van der Waals surface area contributed by atoms with E-state index in [1.54, 1.807) is 31.6 Å². The van der Waals surface area contributed by atoms with Crippen LogP contribution in [0, 0.1) is 24.3 Å². The number of hydrogen-bond acceptors (Lipinski definition) is 7. The van der Waals surface area contributed by atoms with Crippen molar-refractivity contribution in [2.75, 3.05) is 20.3 Å². The van der Waals surface area contributed by atoms with Crippen LogP contribution in [0.25, 0.3) is 11.8 Å². The van der Waals surface area contributed by atoms with Crippen molar-refractivity contribution < 1.29 is 19.0 Å². The molecular formula is C33H34IN3O5S. The van der Waals surface area contributed by atoms with Gasteiger partial charge in [-0.15, -0.1) is 0 Å². The Balaban J connectivity index is 1.70. The summed E-state index contributed by atoms with van der Waals surface area (Å²) in [5, 5.41) is 0. The molecule has 8 nitrogen and oxygen atoms in total. The maximum absolute atomic E-state index is 14.2. The zero-order valence-electron chi connectivity index (χ0n) is 25.3. The normalized spacial score (nSPS) is 14.9. The smallest absolute Gasteiger partial charge is 0.338 e. The largest absolute Gasteiger partial charge is 0.493 e. The van der Waals surface area contributed by atoms with E-state index in [4.69, 9.17) is 19.2 Å². The summed E-state index contributed by atoms with van der Waals surface area (Å²) in [6, 6.07) is 13.2. The van der Waals surface area contributed by atoms with Crippen LogP contribution in [-0.2, 0) is 9.53 Å². The lowest BCUT2D eigenvalue weighted by atomic mass is 9.95. The molecule has 0 N–H and O–H groups in total. The zero-order valence-corrected chi connectivity index (χ0v) is 28.3. The topological polar surface area (TPSA) is 84.1 Å². The fourth-order valence-electron chi connectivity index (χ4n) is 5.43. The van der Waals surface area contributed by atoms with Crippen molar-refractivity contribution in [2.24, 2.45) is 4.99 Å². The first-order chi connectivity index (χ1) is 20.6. The van der Waals surface area contributed by atoms with E-state index in [0.29, 0.717) is 44.3 Å². The molecule has 0 bridgehead atoms. The van der Waals surface area contributed by atoms with Gasteiger partial charge in [0.25, 0.3) is 5.56 Å². The number of hydrogen-bond donors (Lipinski definition) is 0. The van der Waals surface area contributed by atoms with Crippen LogP contribution in [0.5, 0.6) is 11.5 Å². The Morgan fingerprint density at radius 2 is 1.81 bits per heavy atom. The highest BCUT2D eigenvalue weighted by molar-refractivity contribution is 14.1. The maximum atomic E-state index is 14.2. The highest BCUT2D eigenvalue weighted by Crippen LogP contribution is 2.36. The zero-order chi connectivity index (χ0) is 31.0. The third-order valence-corrected chi connectivity index (χ3v) is 9.64. The molecule has 2 aromatic heterocycles. The fourth-order valence-corrected chi connectivity index (χ4v) is 6.97. The van der Waals surface area contributed by atoms with Gasteiger partial charge < -0.3 is 18.8 Å². The lowest BCUT2D eigenvalue weighted by molar-refractivity contribution is -0.139. The number of halogens is 1. The van der Waals surface area contributed by atoms with Gasteiger partial charge in [-0.3, -0.25) is 9.36 Å². The first-order valence-electron chi connectivity index (χ1n) is 14.0. The van der Waals surface area contributed by atoms with Gasteiger partial charge in [0, 0.05) is 20.6 Å². The minimum atomic E-state index is -0.746. The van der Waals surface area contributed by atoms with Crippen LogP contribution in [0.2, 0.25) is 0 Å². The van der Waals surface area contributed by atoms with Gasteiger partial charge in [0.2, 0.25) is 0 Å². The van der Waals surface area contributed by atoms with Gasteiger partial charge >= 0.3 is 5.97 Å². The summed E-state index contributed by atoms with van der Waals surface area (Å²) in [5.41, 5.74) is 6.64. The van der Waals surface area contributed by atoms with E-state index in [-0.39, 0.29) is 12.2 Å². The molecule has 0 saturated carbocycles. The van der Waals surface area contributed by atoms with E-state index in [1.165, 1.54) is 20.5 Å². The van der Waals surface area contributed by atoms with E-state index < -0.39 is 12.0 Å². The van der Waals surface area contributed by atoms with Crippen LogP contribution in [0.1, 0.15) is 54.9 Å². The Hall–Kier alpha value is -3.64. The Morgan fingerprint density at radius 3 is 2.49 bits per heavy atom. The van der Waals surface area contributed by atoms with Crippen LogP contribution < -0.4 is 24.4 Å². The number of aryl methyl sites for hydroxylation is 2. The van der Waals surface area contributed by atoms with Gasteiger partial charge in [0.05, 0.1) is 42.2 Å². The molecule has 0 radical (unpaired) electrons. The van der Waals surface area contributed by atoms with Crippen molar-refractivity contribution in [1.29, 1.82) is 0 Å². The fraction of sp³-hybridized carbons (Fsp3) is 0.303. The number of aromatic nitrogens is 2. The van der Waals surface area contributed by atoms with Gasteiger partial charge in [-0.25, -0.2) is 9.79 Å². The van der Waals surface area contributed by atoms with Crippen LogP contribution in [0.3, 0.4) is 0 Å². The predicted octanol–water partition coefficient (Wildman–Crippen LogP) is 5.53. The minimum absolute atomic E-state index is 0.204. The predicted molar refractivity (Wildman–Crippen MR) is 177 cm³/mol. The molecule has 0 amide bonds. The molecule has 224 valence electrons. The van der Waals surface area contributed by atoms with Gasteiger partial charge in [-0.05, 0) is 117 Å². The van der Waals surface area contributed by atoms with E-state index in [1.807, 2.05) is 25.1 Å². The Kier molecular flexibility index (Phi) is 8.98. The summed E-state index contributed by atoms with van der Waals surface area (Å²) >= 11 is 3.66. The lowest BCUT2D eigenvalue weighted by Gasteiger charge is -2.25. The number of carbonyl (C=O) groups is 1. The Morgan fingerprint density at radius 1 is 1.05 bits per heavy atom. The second-order valence-corrected chi connectivity index (χ2v) is 12.4. The van der Waals surface area contributed by atoms with Crippen LogP contribution >= 0.6 is 33.9 Å². The number of esters is 1. The first-order valence-corrected chi connectivity index (χ1v) is 15.9. The average Bonchev–Trinajstić information content (AvgIpc) is 3.43. The van der Waals surface area contributed by atoms with E-state index in [2.05, 4.69) is 72.2 Å². The highest BCUT2D eigenvalue weighted by atomic mass is 127. The molecule has 43 heavy (non-hydrogen) atoms. The average molecular weight is 712 g/mol. The molecule has 0 spiro atoms. The van der Waals surface area contributed by atoms with Crippen molar-refractivity contribution in [2.45, 2.75) is 47.6 Å². The number of thiazole rings is 1. The maximum Gasteiger partial charge on any atom is 0.338 e. The summed E-state index contributed by atoms with van der Waals surface area (Å²) in [4.78, 5) is 32.7. The second kappa shape index (κ2) is 12.5. The SMILES string of the molecule is CCOC(=O)C1=C(C)N=c2s/c(=C\c3cc(C)n(-c4ccc(C)c(I)c4)c3C)c(=O)n2[C@@H]1c1ccc(OC)c(OCC)c1. The second-order valence-electron chi connectivity index (χ2n) is 10.2. The van der Waals surface area contributed by atoms with Crippen LogP contribution in [-0.4, -0.2) is 35.4 Å². The summed E-state index contributed by atoms with van der Waals surface area (Å²) < 4.78 is 22.3. The molecule has 1 aliphatic heterocycles. The molecule has 0 aliphatic carbocycles. The number of benzene rings is 2. The number of nitrogens with zero attached hydrogens (tertiary/aromatic N) is 3. The summed E-state index contributed by atoms with van der Waals surface area (Å²) in [6.45, 7) is 12.3. The molecule has 4 aromatic rings. The summed E-state index contributed by atoms with van der Waals surface area (Å²) in [5.74, 6) is 0.587. The van der Waals surface area contributed by atoms with Crippen LogP contribution in [0.4, 0.5) is 0 Å². The molecule has 0 fully saturated rings. The standard InChI is InChI=1S/C33H34IN3O5S/c1-8-41-27-15-22(11-13-26(27)40-7)30-29(32(39)42-9-2)20(5)35-33-37(30)31(38)28(43-33)16-23-14-19(4)36(21(23)6)24-12-10-18(3)25(34)17-24/h10-17,30H,8-9H2,1-7H3/b28-16-/t30-/m1/s1. The summed E-state index contributed by atoms with van der Waals surface area (Å²) in [7, 11) is 1.57. The third kappa shape index (κ3) is 5.70. The van der Waals surface area contributed by atoms with Crippen molar-refractivity contribution in [3.63, 3.8) is 0 Å². The molecular weight excluding hydrogens is 677 g/mol. The number of carbonyl (C=O) groups excluding carboxylic acids is 1. The highest BCUT2D eigenvalue weighted by Gasteiger charge is 2.34. The van der Waals surface area contributed by atoms with Gasteiger partial charge in [-0.2, -0.15) is 0 Å². The van der Waals surface area contributed by atoms with Crippen molar-refractivity contribution in [3.05, 3.63) is 105 Å². The van der Waals surface area contributed by atoms with E-state index in [9.17, 15) is 9.59 Å². The Bertz CT molecular complexity index is 1950. The monoisotopic (exact) mass is 711 g/mol. The molecule has 5 rings (SSSR count). The quantitative estimate of drug-likeness (QED) is 0.178.